The molecule has 1 saturated heterocycles. The summed E-state index contributed by atoms with van der Waals surface area (Å²) in [5.41, 5.74) is 3.19. The van der Waals surface area contributed by atoms with Gasteiger partial charge in [0.05, 0.1) is 10.7 Å². The second-order valence-corrected chi connectivity index (χ2v) is 7.09. The number of hydrogen-bond acceptors (Lipinski definition) is 2. The Kier molecular flexibility index (Phi) is 5.84. The van der Waals surface area contributed by atoms with Crippen LogP contribution in [0.5, 0.6) is 0 Å². The van der Waals surface area contributed by atoms with E-state index in [1.165, 1.54) is 11.1 Å². The van der Waals surface area contributed by atoms with Crippen molar-refractivity contribution in [3.05, 3.63) is 63.6 Å². The molecule has 0 aliphatic carbocycles. The van der Waals surface area contributed by atoms with Crippen molar-refractivity contribution in [2.24, 2.45) is 0 Å². The van der Waals surface area contributed by atoms with Crippen molar-refractivity contribution in [1.82, 2.24) is 9.80 Å². The molecule has 25 heavy (non-hydrogen) atoms. The van der Waals surface area contributed by atoms with E-state index in [1.807, 2.05) is 4.90 Å². The molecule has 6 heteroatoms. The number of halogens is 2. The molecule has 1 N–H and O–H groups in total. The van der Waals surface area contributed by atoms with E-state index in [1.54, 1.807) is 18.2 Å². The van der Waals surface area contributed by atoms with Gasteiger partial charge in [0.2, 0.25) is 0 Å². The van der Waals surface area contributed by atoms with Crippen LogP contribution in [0, 0.1) is 6.92 Å². The number of anilines is 1. The van der Waals surface area contributed by atoms with E-state index in [0.717, 1.165) is 19.6 Å². The minimum Gasteiger partial charge on any atom is -0.322 e. The van der Waals surface area contributed by atoms with E-state index in [-0.39, 0.29) is 6.03 Å². The molecule has 0 bridgehead atoms. The van der Waals surface area contributed by atoms with Crippen LogP contribution in [-0.2, 0) is 6.54 Å². The molecule has 0 unspecified atom stereocenters. The van der Waals surface area contributed by atoms with E-state index in [2.05, 4.69) is 41.4 Å². The SMILES string of the molecule is Cc1ccccc1CN1CCN(C(=O)Nc2cc(Cl)ccc2Cl)CC1. The van der Waals surface area contributed by atoms with E-state index in [9.17, 15) is 4.79 Å². The third-order valence-electron chi connectivity index (χ3n) is 4.48. The molecule has 1 heterocycles. The van der Waals surface area contributed by atoms with Gasteiger partial charge in [0.15, 0.2) is 0 Å². The summed E-state index contributed by atoms with van der Waals surface area (Å²) in [7, 11) is 0. The van der Waals surface area contributed by atoms with Crippen LogP contribution in [0.15, 0.2) is 42.5 Å². The molecular weight excluding hydrogens is 357 g/mol. The molecule has 0 saturated carbocycles. The Bertz CT molecular complexity index is 758. The highest BCUT2D eigenvalue weighted by Crippen LogP contribution is 2.25. The number of aryl methyl sites for hydroxylation is 1. The van der Waals surface area contributed by atoms with Crippen LogP contribution in [0.3, 0.4) is 0 Å². The van der Waals surface area contributed by atoms with Crippen molar-refractivity contribution < 1.29 is 4.79 Å². The van der Waals surface area contributed by atoms with Crippen LogP contribution in [0.25, 0.3) is 0 Å². The van der Waals surface area contributed by atoms with Crippen LogP contribution in [0.2, 0.25) is 10.0 Å². The highest BCUT2D eigenvalue weighted by molar-refractivity contribution is 6.35. The quantitative estimate of drug-likeness (QED) is 0.844. The summed E-state index contributed by atoms with van der Waals surface area (Å²) < 4.78 is 0. The van der Waals surface area contributed by atoms with Crippen molar-refractivity contribution >= 4 is 34.9 Å². The maximum atomic E-state index is 12.4. The lowest BCUT2D eigenvalue weighted by Gasteiger charge is -2.35. The second kappa shape index (κ2) is 8.09. The molecule has 2 aromatic rings. The Labute approximate surface area is 158 Å². The van der Waals surface area contributed by atoms with Gasteiger partial charge in [0, 0.05) is 37.7 Å². The van der Waals surface area contributed by atoms with Gasteiger partial charge in [-0.15, -0.1) is 0 Å². The van der Waals surface area contributed by atoms with Crippen molar-refractivity contribution in [3.63, 3.8) is 0 Å². The fourth-order valence-electron chi connectivity index (χ4n) is 2.93. The zero-order valence-corrected chi connectivity index (χ0v) is 15.6. The highest BCUT2D eigenvalue weighted by atomic mass is 35.5. The molecule has 0 spiro atoms. The number of hydrogen-bond donors (Lipinski definition) is 1. The zero-order valence-electron chi connectivity index (χ0n) is 14.1. The predicted octanol–water partition coefficient (Wildman–Crippen LogP) is 4.65. The van der Waals surface area contributed by atoms with Gasteiger partial charge in [-0.1, -0.05) is 47.5 Å². The van der Waals surface area contributed by atoms with Crippen molar-refractivity contribution in [2.75, 3.05) is 31.5 Å². The van der Waals surface area contributed by atoms with Crippen molar-refractivity contribution in [1.29, 1.82) is 0 Å². The summed E-state index contributed by atoms with van der Waals surface area (Å²) in [5, 5.41) is 3.87. The van der Waals surface area contributed by atoms with E-state index in [4.69, 9.17) is 23.2 Å². The fraction of sp³-hybridized carbons (Fsp3) is 0.316. The number of carbonyl (C=O) groups is 1. The summed E-state index contributed by atoms with van der Waals surface area (Å²) in [6.07, 6.45) is 0. The number of rotatable bonds is 3. The van der Waals surface area contributed by atoms with Crippen molar-refractivity contribution in [3.8, 4) is 0 Å². The predicted molar refractivity (Wildman–Crippen MR) is 104 cm³/mol. The van der Waals surface area contributed by atoms with Gasteiger partial charge in [-0.05, 0) is 36.2 Å². The normalized spacial score (nSPS) is 15.2. The Morgan fingerprint density at radius 3 is 2.52 bits per heavy atom. The molecule has 3 rings (SSSR count). The summed E-state index contributed by atoms with van der Waals surface area (Å²) in [6, 6.07) is 13.3. The first-order valence-corrected chi connectivity index (χ1v) is 9.06. The fourth-order valence-corrected chi connectivity index (χ4v) is 3.26. The minimum atomic E-state index is -0.139. The number of amides is 2. The molecule has 0 atom stereocenters. The van der Waals surface area contributed by atoms with Gasteiger partial charge < -0.3 is 10.2 Å². The molecule has 1 aliphatic rings. The van der Waals surface area contributed by atoms with E-state index >= 15 is 0 Å². The lowest BCUT2D eigenvalue weighted by Crippen LogP contribution is -2.49. The summed E-state index contributed by atoms with van der Waals surface area (Å²) >= 11 is 12.1. The Morgan fingerprint density at radius 1 is 1.08 bits per heavy atom. The van der Waals surface area contributed by atoms with Gasteiger partial charge in [0.1, 0.15) is 0 Å². The standard InChI is InChI=1S/C19H21Cl2N3O/c1-14-4-2-3-5-15(14)13-23-8-10-24(11-9-23)19(25)22-18-12-16(20)6-7-17(18)21/h2-7,12H,8-11,13H2,1H3,(H,22,25). The van der Waals surface area contributed by atoms with Gasteiger partial charge in [-0.25, -0.2) is 4.79 Å². The Balaban J connectivity index is 1.54. The molecule has 2 amide bonds. The molecule has 4 nitrogen and oxygen atoms in total. The molecule has 1 fully saturated rings. The maximum absolute atomic E-state index is 12.4. The van der Waals surface area contributed by atoms with Gasteiger partial charge in [-0.3, -0.25) is 4.90 Å². The van der Waals surface area contributed by atoms with Crippen molar-refractivity contribution in [2.45, 2.75) is 13.5 Å². The lowest BCUT2D eigenvalue weighted by atomic mass is 10.1. The van der Waals surface area contributed by atoms with E-state index < -0.39 is 0 Å². The molecule has 0 radical (unpaired) electrons. The molecule has 0 aromatic heterocycles. The first-order chi connectivity index (χ1) is 12.0. The highest BCUT2D eigenvalue weighted by Gasteiger charge is 2.22. The minimum absolute atomic E-state index is 0.139. The lowest BCUT2D eigenvalue weighted by molar-refractivity contribution is 0.143. The first kappa shape index (κ1) is 18.1. The Hall–Kier alpha value is -1.75. The average Bonchev–Trinajstić information content (AvgIpc) is 2.61. The molecule has 132 valence electrons. The molecule has 2 aromatic carbocycles. The summed E-state index contributed by atoms with van der Waals surface area (Å²) in [6.45, 7) is 6.14. The van der Waals surface area contributed by atoms with Gasteiger partial charge in [-0.2, -0.15) is 0 Å². The summed E-state index contributed by atoms with van der Waals surface area (Å²) in [5.74, 6) is 0. The summed E-state index contributed by atoms with van der Waals surface area (Å²) in [4.78, 5) is 16.6. The largest absolute Gasteiger partial charge is 0.322 e. The number of nitrogens with zero attached hydrogens (tertiary/aromatic N) is 2. The van der Waals surface area contributed by atoms with Gasteiger partial charge in [0.25, 0.3) is 0 Å². The third kappa shape index (κ3) is 4.66. The smallest absolute Gasteiger partial charge is 0.321 e. The maximum Gasteiger partial charge on any atom is 0.321 e. The Morgan fingerprint density at radius 2 is 1.80 bits per heavy atom. The van der Waals surface area contributed by atoms with E-state index in [0.29, 0.717) is 28.8 Å². The molecule has 1 aliphatic heterocycles. The first-order valence-electron chi connectivity index (χ1n) is 8.31. The van der Waals surface area contributed by atoms with Crippen LogP contribution >= 0.6 is 23.2 Å². The monoisotopic (exact) mass is 377 g/mol. The number of carbonyl (C=O) groups excluding carboxylic acids is 1. The van der Waals surface area contributed by atoms with Crippen LogP contribution in [0.4, 0.5) is 10.5 Å². The number of piperazine rings is 1. The number of urea groups is 1. The topological polar surface area (TPSA) is 35.6 Å². The zero-order chi connectivity index (χ0) is 17.8. The van der Waals surface area contributed by atoms with Crippen LogP contribution in [0.1, 0.15) is 11.1 Å². The number of benzene rings is 2. The number of nitrogens with one attached hydrogen (secondary N) is 1. The average molecular weight is 378 g/mol. The second-order valence-electron chi connectivity index (χ2n) is 6.24. The third-order valence-corrected chi connectivity index (χ3v) is 5.05. The van der Waals surface area contributed by atoms with Crippen LogP contribution < -0.4 is 5.32 Å². The van der Waals surface area contributed by atoms with Crippen LogP contribution in [-0.4, -0.2) is 42.0 Å². The van der Waals surface area contributed by atoms with Gasteiger partial charge >= 0.3 is 6.03 Å². The molecular formula is C19H21Cl2N3O.